The van der Waals surface area contributed by atoms with Crippen molar-refractivity contribution in [2.24, 2.45) is 0 Å². The van der Waals surface area contributed by atoms with E-state index in [2.05, 4.69) is 11.1 Å². The molecule has 86 valence electrons. The lowest BCUT2D eigenvalue weighted by Gasteiger charge is -2.03. The van der Waals surface area contributed by atoms with Gasteiger partial charge in [0.15, 0.2) is 0 Å². The summed E-state index contributed by atoms with van der Waals surface area (Å²) in [5.74, 6) is 0.411. The van der Waals surface area contributed by atoms with Crippen molar-refractivity contribution in [3.05, 3.63) is 54.2 Å². The first-order valence-electron chi connectivity index (χ1n) is 5.78. The number of hydrogen-bond donors (Lipinski definition) is 1. The Kier molecular flexibility index (Phi) is 4.33. The van der Waals surface area contributed by atoms with Crippen LogP contribution in [0.25, 0.3) is 0 Å². The topological polar surface area (TPSA) is 33.1 Å². The maximum Gasteiger partial charge on any atom is 0.118 e. The molecular weight excluding hydrogens is 226 g/mol. The van der Waals surface area contributed by atoms with Gasteiger partial charge < -0.3 is 5.11 Å². The lowest BCUT2D eigenvalue weighted by molar-refractivity contribution is 0.467. The van der Waals surface area contributed by atoms with Crippen molar-refractivity contribution in [2.45, 2.75) is 18.9 Å². The van der Waals surface area contributed by atoms with Crippen LogP contribution in [0.1, 0.15) is 12.0 Å². The summed E-state index contributed by atoms with van der Waals surface area (Å²) < 4.78 is 0. The number of phenolic OH excluding ortho intramolecular Hbond substituents is 1. The molecule has 2 aromatic rings. The molecule has 0 saturated carbocycles. The fourth-order valence-electron chi connectivity index (χ4n) is 1.68. The predicted octanol–water partition coefficient (Wildman–Crippen LogP) is 2.17. The minimum absolute atomic E-state index is 0.411. The molecule has 0 unspecified atom stereocenters. The van der Waals surface area contributed by atoms with Gasteiger partial charge in [0.25, 0.3) is 0 Å². The Balaban J connectivity index is 1.76. The quantitative estimate of drug-likeness (QED) is 0.643. The summed E-state index contributed by atoms with van der Waals surface area (Å²) in [5, 5.41) is 10.8. The number of rotatable bonds is 5. The lowest BCUT2D eigenvalue weighted by Crippen LogP contribution is -2.16. The van der Waals surface area contributed by atoms with Gasteiger partial charge >= 0.3 is 0 Å². The van der Waals surface area contributed by atoms with E-state index in [9.17, 15) is 5.11 Å². The van der Waals surface area contributed by atoms with Gasteiger partial charge in [0.05, 0.1) is 0 Å². The van der Waals surface area contributed by atoms with E-state index in [4.69, 9.17) is 0 Å². The number of aryl methyl sites for hydroxylation is 1. The normalized spacial score (nSPS) is 10.4. The van der Waals surface area contributed by atoms with E-state index in [1.54, 1.807) is 6.07 Å². The molecule has 2 nitrogen and oxygen atoms in total. The monoisotopic (exact) mass is 241 g/mol. The van der Waals surface area contributed by atoms with Crippen LogP contribution in [-0.2, 0) is 6.42 Å². The van der Waals surface area contributed by atoms with E-state index >= 15 is 0 Å². The second-order valence-electron chi connectivity index (χ2n) is 3.87. The van der Waals surface area contributed by atoms with Crippen molar-refractivity contribution in [3.8, 4) is 5.75 Å². The number of hydrogen-bond acceptors (Lipinski definition) is 2. The van der Waals surface area contributed by atoms with Crippen LogP contribution in [0.5, 0.6) is 5.75 Å². The van der Waals surface area contributed by atoms with Gasteiger partial charge in [-0.2, -0.15) is 0 Å². The van der Waals surface area contributed by atoms with Gasteiger partial charge in [-0.1, -0.05) is 36.7 Å². The molecule has 0 aliphatic heterocycles. The van der Waals surface area contributed by atoms with E-state index in [0.29, 0.717) is 5.75 Å². The molecule has 3 heteroatoms. The minimum Gasteiger partial charge on any atom is -0.508 e. The zero-order valence-electron chi connectivity index (χ0n) is 9.63. The average Bonchev–Trinajstić information content (AvgIpc) is 2.38. The maximum absolute atomic E-state index is 9.62. The molecule has 1 aromatic heterocycles. The van der Waals surface area contributed by atoms with Gasteiger partial charge in [-0.3, -0.25) is 4.98 Å². The summed E-state index contributed by atoms with van der Waals surface area (Å²) in [6.07, 6.45) is 3.87. The summed E-state index contributed by atoms with van der Waals surface area (Å²) >= 11 is 0. The fraction of sp³-hybridized carbons (Fsp3) is 0.214. The van der Waals surface area contributed by atoms with Crippen molar-refractivity contribution in [1.82, 2.24) is 4.98 Å². The number of phenols is 1. The highest BCUT2D eigenvalue weighted by atomic mass is 28.2. The van der Waals surface area contributed by atoms with Crippen molar-refractivity contribution in [2.75, 3.05) is 0 Å². The first-order chi connectivity index (χ1) is 8.36. The van der Waals surface area contributed by atoms with Crippen LogP contribution in [-0.4, -0.2) is 19.6 Å². The lowest BCUT2D eigenvalue weighted by atomic mass is 10.1. The van der Waals surface area contributed by atoms with E-state index in [1.807, 2.05) is 36.5 Å². The van der Waals surface area contributed by atoms with Crippen LogP contribution in [0.15, 0.2) is 48.7 Å². The zero-order chi connectivity index (χ0) is 11.9. The smallest absolute Gasteiger partial charge is 0.118 e. The highest BCUT2D eigenvalue weighted by Crippen LogP contribution is 2.17. The summed E-state index contributed by atoms with van der Waals surface area (Å²) in [5.41, 5.74) is 1.04. The molecular formula is C14H15NOSi. The third kappa shape index (κ3) is 3.71. The Bertz CT molecular complexity index is 459. The predicted molar refractivity (Wildman–Crippen MR) is 70.9 cm³/mol. The molecule has 17 heavy (non-hydrogen) atoms. The zero-order valence-corrected chi connectivity index (χ0v) is 10.6. The fourth-order valence-corrected chi connectivity index (χ4v) is 2.67. The number of pyridine rings is 1. The van der Waals surface area contributed by atoms with Crippen molar-refractivity contribution < 1.29 is 5.11 Å². The molecule has 1 N–H and O–H groups in total. The molecule has 0 atom stereocenters. The summed E-state index contributed by atoms with van der Waals surface area (Å²) in [7, 11) is 0.760. The van der Waals surface area contributed by atoms with Crippen LogP contribution in [0.4, 0.5) is 0 Å². The average molecular weight is 241 g/mol. The van der Waals surface area contributed by atoms with Gasteiger partial charge in [-0.15, -0.1) is 0 Å². The molecule has 0 amide bonds. The SMILES string of the molecule is Oc1ccccc1CCC[Si]c1ccccn1. The molecule has 0 bridgehead atoms. The Morgan fingerprint density at radius 1 is 1.06 bits per heavy atom. The van der Waals surface area contributed by atoms with Gasteiger partial charge in [-0.05, 0) is 30.2 Å². The standard InChI is InChI=1S/C14H15NOSi/c16-13-8-2-1-6-12(13)7-5-11-17-14-9-3-4-10-15-14/h1-4,6,8-10,16H,5,7,11H2. The highest BCUT2D eigenvalue weighted by molar-refractivity contribution is 6.52. The van der Waals surface area contributed by atoms with Gasteiger partial charge in [0.1, 0.15) is 15.3 Å². The molecule has 2 rings (SSSR count). The molecule has 1 aromatic carbocycles. The van der Waals surface area contributed by atoms with Gasteiger partial charge in [0, 0.05) is 11.5 Å². The first kappa shape index (κ1) is 11.9. The Morgan fingerprint density at radius 2 is 1.88 bits per heavy atom. The van der Waals surface area contributed by atoms with Crippen LogP contribution >= 0.6 is 0 Å². The first-order valence-corrected chi connectivity index (χ1v) is 6.99. The van der Waals surface area contributed by atoms with E-state index in [-0.39, 0.29) is 0 Å². The van der Waals surface area contributed by atoms with Crippen LogP contribution in [0.2, 0.25) is 6.04 Å². The van der Waals surface area contributed by atoms with Crippen molar-refractivity contribution in [3.63, 3.8) is 0 Å². The summed E-state index contributed by atoms with van der Waals surface area (Å²) in [4.78, 5) is 4.30. The number of aromatic hydroxyl groups is 1. The third-order valence-corrected chi connectivity index (χ3v) is 3.85. The van der Waals surface area contributed by atoms with Gasteiger partial charge in [0.2, 0.25) is 0 Å². The Labute approximate surface area is 104 Å². The molecule has 0 aliphatic rings. The molecule has 1 heterocycles. The largest absolute Gasteiger partial charge is 0.508 e. The maximum atomic E-state index is 9.62. The Morgan fingerprint density at radius 3 is 2.65 bits per heavy atom. The second-order valence-corrected chi connectivity index (χ2v) is 5.24. The number of aromatic nitrogens is 1. The summed E-state index contributed by atoms with van der Waals surface area (Å²) in [6.45, 7) is 0. The van der Waals surface area contributed by atoms with E-state index in [1.165, 1.54) is 5.32 Å². The van der Waals surface area contributed by atoms with E-state index < -0.39 is 0 Å². The second kappa shape index (κ2) is 6.20. The molecule has 0 aliphatic carbocycles. The third-order valence-electron chi connectivity index (χ3n) is 2.59. The van der Waals surface area contributed by atoms with Gasteiger partial charge in [-0.25, -0.2) is 0 Å². The van der Waals surface area contributed by atoms with Crippen LogP contribution < -0.4 is 5.32 Å². The molecule has 0 saturated heterocycles. The highest BCUT2D eigenvalue weighted by Gasteiger charge is 2.00. The number of para-hydroxylation sites is 1. The Hall–Kier alpha value is -1.61. The van der Waals surface area contributed by atoms with E-state index in [0.717, 1.165) is 34.0 Å². The van der Waals surface area contributed by atoms with Crippen LogP contribution in [0, 0.1) is 0 Å². The number of benzene rings is 1. The van der Waals surface area contributed by atoms with Crippen molar-refractivity contribution in [1.29, 1.82) is 0 Å². The van der Waals surface area contributed by atoms with Crippen LogP contribution in [0.3, 0.4) is 0 Å². The molecule has 2 radical (unpaired) electrons. The number of nitrogens with zero attached hydrogens (tertiary/aromatic N) is 1. The minimum atomic E-state index is 0.411. The van der Waals surface area contributed by atoms with Crippen molar-refractivity contribution >= 4 is 14.8 Å². The summed E-state index contributed by atoms with van der Waals surface area (Å²) in [6, 6.07) is 14.7. The molecule has 0 spiro atoms. The molecule has 0 fully saturated rings.